The molecule has 0 radical (unpaired) electrons. The predicted octanol–water partition coefficient (Wildman–Crippen LogP) is 3.29. The minimum absolute atomic E-state index is 0.0495. The largest absolute Gasteiger partial charge is 0.497 e. The molecular formula is C21H23N3O5. The van der Waals surface area contributed by atoms with Gasteiger partial charge in [-0.2, -0.15) is 0 Å². The third kappa shape index (κ3) is 6.46. The fourth-order valence-corrected chi connectivity index (χ4v) is 2.36. The van der Waals surface area contributed by atoms with Crippen LogP contribution >= 0.6 is 0 Å². The van der Waals surface area contributed by atoms with Gasteiger partial charge in [0.1, 0.15) is 11.4 Å². The highest BCUT2D eigenvalue weighted by atomic mass is 16.6. The Hall–Kier alpha value is -3.68. The van der Waals surface area contributed by atoms with Crippen molar-refractivity contribution in [2.75, 3.05) is 7.11 Å². The van der Waals surface area contributed by atoms with Gasteiger partial charge in [0, 0.05) is 23.2 Å². The van der Waals surface area contributed by atoms with Crippen LogP contribution in [-0.4, -0.2) is 29.4 Å². The summed E-state index contributed by atoms with van der Waals surface area (Å²) in [6.07, 6.45) is 1.55. The normalized spacial score (nSPS) is 11.5. The Kier molecular flexibility index (Phi) is 6.71. The molecule has 0 heterocycles. The summed E-state index contributed by atoms with van der Waals surface area (Å²) >= 11 is 0. The third-order valence-electron chi connectivity index (χ3n) is 3.75. The van der Waals surface area contributed by atoms with Crippen LogP contribution in [0, 0.1) is 10.1 Å². The number of methoxy groups -OCH3 is 1. The summed E-state index contributed by atoms with van der Waals surface area (Å²) < 4.78 is 5.12. The first-order valence-corrected chi connectivity index (χ1v) is 8.83. The minimum atomic E-state index is -0.552. The van der Waals surface area contributed by atoms with Crippen LogP contribution in [0.3, 0.4) is 0 Å². The number of non-ortho nitro benzene ring substituents is 1. The standard InChI is InChI=1S/C21H23N3O5/c1-21(2,3)23-20(26)18(13-14-5-11-17(29-4)12-6-14)22-19(25)15-7-9-16(10-8-15)24(27)28/h5-13H,1-4H3,(H,22,25)(H,23,26)/b18-13-. The molecule has 0 aliphatic heterocycles. The molecule has 0 unspecified atom stereocenters. The lowest BCUT2D eigenvalue weighted by Crippen LogP contribution is -2.44. The van der Waals surface area contributed by atoms with Crippen molar-refractivity contribution in [1.29, 1.82) is 0 Å². The van der Waals surface area contributed by atoms with E-state index in [1.807, 2.05) is 20.8 Å². The molecule has 0 bridgehead atoms. The smallest absolute Gasteiger partial charge is 0.269 e. The van der Waals surface area contributed by atoms with E-state index in [9.17, 15) is 19.7 Å². The van der Waals surface area contributed by atoms with Gasteiger partial charge in [0.15, 0.2) is 0 Å². The zero-order valence-electron chi connectivity index (χ0n) is 16.7. The zero-order valence-corrected chi connectivity index (χ0v) is 16.7. The Bertz CT molecular complexity index is 926. The van der Waals surface area contributed by atoms with Gasteiger partial charge in [0.2, 0.25) is 0 Å². The zero-order chi connectivity index (χ0) is 21.6. The highest BCUT2D eigenvalue weighted by Gasteiger charge is 2.20. The van der Waals surface area contributed by atoms with Crippen molar-refractivity contribution in [3.63, 3.8) is 0 Å². The highest BCUT2D eigenvalue weighted by Crippen LogP contribution is 2.15. The maximum Gasteiger partial charge on any atom is 0.269 e. The van der Waals surface area contributed by atoms with Crippen molar-refractivity contribution in [3.05, 3.63) is 75.5 Å². The van der Waals surface area contributed by atoms with Crippen LogP contribution in [0.2, 0.25) is 0 Å². The van der Waals surface area contributed by atoms with E-state index in [0.29, 0.717) is 11.3 Å². The van der Waals surface area contributed by atoms with E-state index in [1.54, 1.807) is 37.5 Å². The average Bonchev–Trinajstić information content (AvgIpc) is 2.66. The molecule has 2 amide bonds. The van der Waals surface area contributed by atoms with E-state index in [2.05, 4.69) is 10.6 Å². The molecule has 2 aromatic rings. The monoisotopic (exact) mass is 397 g/mol. The number of nitrogens with zero attached hydrogens (tertiary/aromatic N) is 1. The molecule has 8 heteroatoms. The highest BCUT2D eigenvalue weighted by molar-refractivity contribution is 6.05. The number of ether oxygens (including phenoxy) is 1. The van der Waals surface area contributed by atoms with E-state index >= 15 is 0 Å². The quantitative estimate of drug-likeness (QED) is 0.441. The van der Waals surface area contributed by atoms with Crippen LogP contribution in [0.5, 0.6) is 5.75 Å². The van der Waals surface area contributed by atoms with Crippen LogP contribution in [0.4, 0.5) is 5.69 Å². The molecule has 29 heavy (non-hydrogen) atoms. The number of carbonyl (C=O) groups excluding carboxylic acids is 2. The van der Waals surface area contributed by atoms with Crippen LogP contribution in [0.15, 0.2) is 54.2 Å². The second kappa shape index (κ2) is 9.01. The molecule has 0 aliphatic rings. The van der Waals surface area contributed by atoms with Crippen LogP contribution < -0.4 is 15.4 Å². The SMILES string of the molecule is COc1ccc(/C=C(\NC(=O)c2ccc([N+](=O)[O-])cc2)C(=O)NC(C)(C)C)cc1. The minimum Gasteiger partial charge on any atom is -0.497 e. The maximum absolute atomic E-state index is 12.7. The number of amides is 2. The number of hydrogen-bond acceptors (Lipinski definition) is 5. The summed E-state index contributed by atoms with van der Waals surface area (Å²) in [4.78, 5) is 35.5. The lowest BCUT2D eigenvalue weighted by atomic mass is 10.1. The molecule has 0 fully saturated rings. The van der Waals surface area contributed by atoms with Gasteiger partial charge in [0.05, 0.1) is 12.0 Å². The molecule has 0 atom stereocenters. The Morgan fingerprint density at radius 3 is 2.10 bits per heavy atom. The number of nitrogens with one attached hydrogen (secondary N) is 2. The number of hydrogen-bond donors (Lipinski definition) is 2. The van der Waals surface area contributed by atoms with Gasteiger partial charge in [0.25, 0.3) is 17.5 Å². The molecule has 2 N–H and O–H groups in total. The lowest BCUT2D eigenvalue weighted by Gasteiger charge is -2.22. The number of benzene rings is 2. The Morgan fingerprint density at radius 2 is 1.62 bits per heavy atom. The van der Waals surface area contributed by atoms with Gasteiger partial charge in [-0.05, 0) is 56.7 Å². The summed E-state index contributed by atoms with van der Waals surface area (Å²) in [5.41, 5.74) is 0.303. The first kappa shape index (κ1) is 21.6. The summed E-state index contributed by atoms with van der Waals surface area (Å²) in [6, 6.07) is 12.1. The van der Waals surface area contributed by atoms with Crippen LogP contribution in [-0.2, 0) is 4.79 Å². The number of rotatable bonds is 6. The number of nitro groups is 1. The van der Waals surface area contributed by atoms with Crippen LogP contribution in [0.25, 0.3) is 6.08 Å². The fourth-order valence-electron chi connectivity index (χ4n) is 2.36. The second-order valence-corrected chi connectivity index (χ2v) is 7.29. The van der Waals surface area contributed by atoms with Gasteiger partial charge in [-0.1, -0.05) is 12.1 Å². The van der Waals surface area contributed by atoms with Gasteiger partial charge in [-0.25, -0.2) is 0 Å². The molecule has 2 aromatic carbocycles. The molecule has 0 aromatic heterocycles. The molecule has 0 aliphatic carbocycles. The van der Waals surface area contributed by atoms with E-state index < -0.39 is 22.3 Å². The topological polar surface area (TPSA) is 111 Å². The van der Waals surface area contributed by atoms with Crippen molar-refractivity contribution >= 4 is 23.6 Å². The van der Waals surface area contributed by atoms with E-state index in [-0.39, 0.29) is 16.9 Å². The molecule has 0 saturated heterocycles. The van der Waals surface area contributed by atoms with E-state index in [4.69, 9.17) is 4.74 Å². The first-order chi connectivity index (χ1) is 13.6. The lowest BCUT2D eigenvalue weighted by molar-refractivity contribution is -0.384. The fraction of sp³-hybridized carbons (Fsp3) is 0.238. The number of carbonyl (C=O) groups is 2. The third-order valence-corrected chi connectivity index (χ3v) is 3.75. The molecular weight excluding hydrogens is 374 g/mol. The van der Waals surface area contributed by atoms with Crippen molar-refractivity contribution in [3.8, 4) is 5.75 Å². The summed E-state index contributed by atoms with van der Waals surface area (Å²) in [5, 5.41) is 16.2. The Labute approximate surface area is 168 Å². The van der Waals surface area contributed by atoms with Crippen molar-refractivity contribution in [2.45, 2.75) is 26.3 Å². The number of nitro benzene ring substituents is 1. The van der Waals surface area contributed by atoms with E-state index in [1.165, 1.54) is 24.3 Å². The van der Waals surface area contributed by atoms with Crippen molar-refractivity contribution < 1.29 is 19.2 Å². The summed E-state index contributed by atoms with van der Waals surface area (Å²) in [5.74, 6) is -0.343. The van der Waals surface area contributed by atoms with E-state index in [0.717, 1.165) is 0 Å². The molecule has 0 spiro atoms. The maximum atomic E-state index is 12.7. The predicted molar refractivity (Wildman–Crippen MR) is 109 cm³/mol. The van der Waals surface area contributed by atoms with Crippen molar-refractivity contribution in [2.24, 2.45) is 0 Å². The molecule has 0 saturated carbocycles. The Morgan fingerprint density at radius 1 is 1.03 bits per heavy atom. The first-order valence-electron chi connectivity index (χ1n) is 8.83. The second-order valence-electron chi connectivity index (χ2n) is 7.29. The van der Waals surface area contributed by atoms with Gasteiger partial charge < -0.3 is 15.4 Å². The molecule has 2 rings (SSSR count). The summed E-state index contributed by atoms with van der Waals surface area (Å²) in [7, 11) is 1.55. The molecule has 8 nitrogen and oxygen atoms in total. The van der Waals surface area contributed by atoms with Crippen LogP contribution in [0.1, 0.15) is 36.7 Å². The van der Waals surface area contributed by atoms with Gasteiger partial charge in [-0.15, -0.1) is 0 Å². The summed E-state index contributed by atoms with van der Waals surface area (Å²) in [6.45, 7) is 5.48. The Balaban J connectivity index is 2.30. The molecule has 152 valence electrons. The van der Waals surface area contributed by atoms with Gasteiger partial charge >= 0.3 is 0 Å². The van der Waals surface area contributed by atoms with Crippen molar-refractivity contribution in [1.82, 2.24) is 10.6 Å². The van der Waals surface area contributed by atoms with Gasteiger partial charge in [-0.3, -0.25) is 19.7 Å². The average molecular weight is 397 g/mol.